The molecule has 0 atom stereocenters. The molecule has 0 saturated heterocycles. The Morgan fingerprint density at radius 2 is 0.591 bits per heavy atom. The summed E-state index contributed by atoms with van der Waals surface area (Å²) >= 11 is 0. The Hall–Kier alpha value is -4.40. The molecule has 0 heterocycles. The average Bonchev–Trinajstić information content (AvgIpc) is 2.57. The van der Waals surface area contributed by atoms with Gasteiger partial charge < -0.3 is 0 Å². The van der Waals surface area contributed by atoms with E-state index in [1.165, 1.54) is 0 Å². The van der Waals surface area contributed by atoms with Crippen LogP contribution < -0.4 is 0 Å². The van der Waals surface area contributed by atoms with Crippen LogP contribution in [0, 0.1) is 11.1 Å². The fourth-order valence-electron chi connectivity index (χ4n) is 0.324. The third-order valence-corrected chi connectivity index (χ3v) is 0.765. The summed E-state index contributed by atoms with van der Waals surface area (Å²) in [7, 11) is 0. The molecule has 22 nitrogen and oxygen atoms in total. The Balaban J connectivity index is 3.90. The molecule has 112 valence electrons. The summed E-state index contributed by atoms with van der Waals surface area (Å²) in [4.78, 5) is 0. The summed E-state index contributed by atoms with van der Waals surface area (Å²) in [5, 5.41) is 58.1. The van der Waals surface area contributed by atoms with E-state index in [1.54, 1.807) is 0 Å². The zero-order valence-electron chi connectivity index (χ0n) is 10.9. The lowest BCUT2D eigenvalue weighted by atomic mass is 12.3. The van der Waals surface area contributed by atoms with Crippen LogP contribution in [0.25, 0.3) is 0 Å². The van der Waals surface area contributed by atoms with E-state index >= 15 is 0 Å². The summed E-state index contributed by atoms with van der Waals surface area (Å²) in [6.07, 6.45) is 0. The molecular weight excluding hydrogens is 308 g/mol. The Bertz CT molecular complexity index is 571. The first kappa shape index (κ1) is 15.7. The second-order valence-electron chi connectivity index (χ2n) is 1.80. The maximum Gasteiger partial charge on any atom is 0.216 e. The first-order chi connectivity index (χ1) is 11.4. The molecule has 0 radical (unpaired) electrons. The lowest BCUT2D eigenvalue weighted by Gasteiger charge is -1.69. The fraction of sp³-hybridized carbons (Fsp3) is 0. The molecule has 0 aliphatic heterocycles. The van der Waals surface area contributed by atoms with E-state index in [-0.39, 0.29) is 0 Å². The highest BCUT2D eigenvalue weighted by Crippen LogP contribution is 1.89. The van der Waals surface area contributed by atoms with Gasteiger partial charge in [-0.25, -0.2) is 0 Å². The van der Waals surface area contributed by atoms with Crippen molar-refractivity contribution in [3.8, 4) is 0 Å². The van der Waals surface area contributed by atoms with Gasteiger partial charge in [-0.3, -0.25) is 0 Å². The largest absolute Gasteiger partial charge is 0.216 e. The maximum atomic E-state index is 6.20. The summed E-state index contributed by atoms with van der Waals surface area (Å²) in [6.45, 7) is 0. The van der Waals surface area contributed by atoms with Crippen LogP contribution in [0.3, 0.4) is 0 Å². The van der Waals surface area contributed by atoms with E-state index in [0.29, 0.717) is 0 Å². The molecule has 22 heteroatoms. The van der Waals surface area contributed by atoms with Gasteiger partial charge in [0.2, 0.25) is 1.41 Å². The second-order valence-corrected chi connectivity index (χ2v) is 1.80. The van der Waals surface area contributed by atoms with Crippen LogP contribution >= 0.6 is 0 Å². The molecule has 22 heavy (non-hydrogen) atoms. The minimum Gasteiger partial charge on any atom is -0.183 e. The van der Waals surface area contributed by atoms with Crippen LogP contribution in [0.5, 0.6) is 0 Å². The minimum absolute atomic E-state index is 2.50. The van der Waals surface area contributed by atoms with Crippen molar-refractivity contribution in [1.29, 1.82) is 11.1 Å². The van der Waals surface area contributed by atoms with Gasteiger partial charge in [-0.05, 0) is 83.6 Å². The third kappa shape index (κ3) is 15.6. The number of nitrogens with zero attached hydrogens (tertiary/aromatic N) is 20. The third-order valence-electron chi connectivity index (χ3n) is 0.765. The Kier molecular flexibility index (Phi) is 11.8. The highest BCUT2D eigenvalue weighted by molar-refractivity contribution is 4.13. The molecule has 0 aromatic rings. The van der Waals surface area contributed by atoms with Gasteiger partial charge in [0.05, 0.1) is 0 Å². The fourth-order valence-corrected chi connectivity index (χ4v) is 0.324. The van der Waals surface area contributed by atoms with Gasteiger partial charge in [0.15, 0.2) is 0 Å². The molecule has 0 aliphatic rings. The van der Waals surface area contributed by atoms with Crippen LogP contribution in [-0.4, -0.2) is 0 Å². The number of hydrogen-bond donors (Lipinski definition) is 2. The zero-order chi connectivity index (χ0) is 16.8. The standard InChI is InChI=1S/H2N22/c1-3-5-7-9-11-13-15-17-19-21-22-20-18-16-14-12-10-8-6-4-2/h1-2H/b3-1?,4-2?,7-5+,8-6+,11-9+,12-10+,15-13+,16-14+,19-17+,20-18+,22-21+/i/hT. The lowest BCUT2D eigenvalue weighted by molar-refractivity contribution is 0.734. The van der Waals surface area contributed by atoms with E-state index in [2.05, 4.69) is 110 Å². The molecule has 2 N–H and O–H groups in total. The van der Waals surface area contributed by atoms with Gasteiger partial charge in [0.1, 0.15) is 0 Å². The normalized spacial score (nSPS) is 15.2. The molecule has 0 aromatic carbocycles. The zero-order valence-corrected chi connectivity index (χ0v) is 9.89. The van der Waals surface area contributed by atoms with E-state index < -0.39 is 0 Å². The Morgan fingerprint density at radius 3 is 0.818 bits per heavy atom. The van der Waals surface area contributed by atoms with Gasteiger partial charge in [0.25, 0.3) is 0 Å². The monoisotopic (exact) mass is 312 g/mol. The first-order valence-corrected chi connectivity index (χ1v) is 4.22. The highest BCUT2D eigenvalue weighted by atomic mass is 15.7. The molecule has 0 rings (SSSR count). The van der Waals surface area contributed by atoms with E-state index in [9.17, 15) is 0 Å². The topological polar surface area (TPSA) is 295 Å². The van der Waals surface area contributed by atoms with Crippen LogP contribution in [0.15, 0.2) is 104 Å². The molecule has 0 unspecified atom stereocenters. The van der Waals surface area contributed by atoms with Gasteiger partial charge in [-0.1, -0.05) is 0 Å². The predicted octanol–water partition coefficient (Wildman–Crippen LogP) is 4.27. The van der Waals surface area contributed by atoms with Crippen molar-refractivity contribution in [2.24, 2.45) is 104 Å². The minimum atomic E-state index is 2.50. The first-order valence-electron chi connectivity index (χ1n) is 4.67. The van der Waals surface area contributed by atoms with Gasteiger partial charge in [-0.15, -0.1) is 0 Å². The van der Waals surface area contributed by atoms with Crippen LogP contribution in [0.2, 0.25) is 1.41 Å². The van der Waals surface area contributed by atoms with Gasteiger partial charge >= 0.3 is 0 Å². The number of rotatable bonds is 10. The van der Waals surface area contributed by atoms with Crippen molar-refractivity contribution in [1.82, 2.24) is 0 Å². The van der Waals surface area contributed by atoms with Crippen molar-refractivity contribution in [2.45, 2.75) is 0 Å². The maximum absolute atomic E-state index is 6.20. The molecule has 0 aliphatic carbocycles. The average molecular weight is 312 g/mol. The van der Waals surface area contributed by atoms with E-state index in [4.69, 9.17) is 6.94 Å². The predicted molar refractivity (Wildman–Crippen MR) is 54.0 cm³/mol. The number of hydrogen-bond acceptors (Lipinski definition) is 2. The second kappa shape index (κ2) is 16.6. The highest BCUT2D eigenvalue weighted by Gasteiger charge is 1.71. The van der Waals surface area contributed by atoms with Crippen LogP contribution in [0.1, 0.15) is 0 Å². The van der Waals surface area contributed by atoms with Gasteiger partial charge in [0, 0.05) is 20.9 Å². The Labute approximate surface area is 118 Å². The summed E-state index contributed by atoms with van der Waals surface area (Å²) < 4.78 is 6.20. The molecule has 0 bridgehead atoms. The summed E-state index contributed by atoms with van der Waals surface area (Å²) in [5.74, 6) is 0. The molecule has 0 amide bonds. The SMILES string of the molecule is [3H]N=N/N=N/N=N/N=N/N=N/N=N/N=N/N=N/N=N/N=N/N=N. The Morgan fingerprint density at radius 1 is 0.364 bits per heavy atom. The van der Waals surface area contributed by atoms with E-state index in [0.717, 1.165) is 0 Å². The van der Waals surface area contributed by atoms with Crippen LogP contribution in [-0.2, 0) is 0 Å². The van der Waals surface area contributed by atoms with Crippen LogP contribution in [0.4, 0.5) is 0 Å². The van der Waals surface area contributed by atoms with Crippen molar-refractivity contribution in [3.05, 3.63) is 0 Å². The smallest absolute Gasteiger partial charge is 0.183 e. The van der Waals surface area contributed by atoms with E-state index in [1.807, 2.05) is 0 Å². The van der Waals surface area contributed by atoms with Gasteiger partial charge in [-0.2, -0.15) is 11.1 Å². The molecular formula is H2N22. The number of nitrogens with one attached hydrogen (secondary N) is 2. The molecule has 0 saturated carbocycles. The van der Waals surface area contributed by atoms with Crippen molar-refractivity contribution < 1.29 is 1.41 Å². The summed E-state index contributed by atoms with van der Waals surface area (Å²) in [6, 6.07) is 0. The summed E-state index contributed by atoms with van der Waals surface area (Å²) in [5.41, 5.74) is 8.70. The quantitative estimate of drug-likeness (QED) is 0.421. The molecule has 0 fully saturated rings. The molecule has 0 spiro atoms. The van der Waals surface area contributed by atoms with Crippen molar-refractivity contribution >= 4 is 0 Å². The lowest BCUT2D eigenvalue weighted by Crippen LogP contribution is -1.51. The van der Waals surface area contributed by atoms with Crippen molar-refractivity contribution in [2.75, 3.05) is 0 Å². The molecule has 0 aromatic heterocycles. The van der Waals surface area contributed by atoms with Crippen molar-refractivity contribution in [3.63, 3.8) is 0 Å².